The number of carbonyl (C=O) groups excluding carboxylic acids is 1. The van der Waals surface area contributed by atoms with Gasteiger partial charge in [-0.1, -0.05) is 20.8 Å². The van der Waals surface area contributed by atoms with Crippen LogP contribution in [0.3, 0.4) is 0 Å². The van der Waals surface area contributed by atoms with Crippen LogP contribution in [0.25, 0.3) is 0 Å². The van der Waals surface area contributed by atoms with Crippen molar-refractivity contribution >= 4 is 11.9 Å². The van der Waals surface area contributed by atoms with Crippen LogP contribution in [0, 0.1) is 16.7 Å². The van der Waals surface area contributed by atoms with Gasteiger partial charge in [-0.25, -0.2) is 4.79 Å². The maximum absolute atomic E-state index is 11.3. The zero-order valence-corrected chi connectivity index (χ0v) is 12.2. The highest BCUT2D eigenvalue weighted by molar-refractivity contribution is 5.72. The Labute approximate surface area is 114 Å². The summed E-state index contributed by atoms with van der Waals surface area (Å²) in [4.78, 5) is 22.5. The Hall–Kier alpha value is -1.10. The molecule has 1 rings (SSSR count). The molecule has 0 radical (unpaired) electrons. The van der Waals surface area contributed by atoms with Crippen LogP contribution in [-0.4, -0.2) is 36.9 Å². The molecular weight excluding hydrogens is 248 g/mol. The smallest absolute Gasteiger partial charge is 0.332 e. The van der Waals surface area contributed by atoms with Crippen LogP contribution in [0.1, 0.15) is 40.5 Å². The molecule has 5 nitrogen and oxygen atoms in total. The van der Waals surface area contributed by atoms with Crippen LogP contribution in [-0.2, 0) is 19.1 Å². The summed E-state index contributed by atoms with van der Waals surface area (Å²) in [5, 5.41) is 9.25. The van der Waals surface area contributed by atoms with E-state index >= 15 is 0 Å². The summed E-state index contributed by atoms with van der Waals surface area (Å²) >= 11 is 0. The maximum Gasteiger partial charge on any atom is 0.332 e. The summed E-state index contributed by atoms with van der Waals surface area (Å²) in [5.74, 6) is -1.49. The number of carboxylic acid groups (broad SMARTS) is 1. The second kappa shape index (κ2) is 5.90. The highest BCUT2D eigenvalue weighted by Crippen LogP contribution is 2.56. The van der Waals surface area contributed by atoms with Gasteiger partial charge in [-0.2, -0.15) is 0 Å². The largest absolute Gasteiger partial charge is 0.481 e. The third-order valence-corrected chi connectivity index (χ3v) is 4.66. The first kappa shape index (κ1) is 16.0. The van der Waals surface area contributed by atoms with Crippen LogP contribution in [0.5, 0.6) is 0 Å². The summed E-state index contributed by atoms with van der Waals surface area (Å²) in [6.07, 6.45) is 1.45. The lowest BCUT2D eigenvalue weighted by atomic mass is 9.66. The van der Waals surface area contributed by atoms with Gasteiger partial charge in [-0.3, -0.25) is 4.79 Å². The summed E-state index contributed by atoms with van der Waals surface area (Å²) < 4.78 is 10.2. The molecule has 0 saturated heterocycles. The van der Waals surface area contributed by atoms with Gasteiger partial charge in [-0.15, -0.1) is 0 Å². The molecule has 110 valence electrons. The van der Waals surface area contributed by atoms with E-state index in [2.05, 4.69) is 0 Å². The van der Waals surface area contributed by atoms with E-state index in [-0.39, 0.29) is 29.3 Å². The molecule has 0 aromatic heterocycles. The standard InChI is InChI=1S/C14H24O5/c1-5-19-11(15)8-18-9-14(4)7-6-10(12(16)17)13(14,2)3/h10H,5-9H2,1-4H3,(H,16,17)/t10-,14+/m1/s1. The lowest BCUT2D eigenvalue weighted by Crippen LogP contribution is -2.40. The van der Waals surface area contributed by atoms with Gasteiger partial charge in [0.25, 0.3) is 0 Å². The van der Waals surface area contributed by atoms with Crippen LogP contribution >= 0.6 is 0 Å². The fourth-order valence-corrected chi connectivity index (χ4v) is 2.82. The lowest BCUT2D eigenvalue weighted by Gasteiger charge is -2.40. The maximum atomic E-state index is 11.3. The molecule has 0 aliphatic heterocycles. The first-order valence-corrected chi connectivity index (χ1v) is 6.71. The van der Waals surface area contributed by atoms with E-state index in [1.54, 1.807) is 6.92 Å². The van der Waals surface area contributed by atoms with Crippen molar-refractivity contribution in [1.82, 2.24) is 0 Å². The number of carbonyl (C=O) groups is 2. The van der Waals surface area contributed by atoms with E-state index in [4.69, 9.17) is 9.47 Å². The predicted molar refractivity (Wildman–Crippen MR) is 69.7 cm³/mol. The Morgan fingerprint density at radius 1 is 1.32 bits per heavy atom. The van der Waals surface area contributed by atoms with E-state index < -0.39 is 5.97 Å². The molecule has 19 heavy (non-hydrogen) atoms. The average Bonchev–Trinajstić information content (AvgIpc) is 2.50. The molecule has 2 atom stereocenters. The Bertz CT molecular complexity index is 350. The number of hydrogen-bond acceptors (Lipinski definition) is 4. The van der Waals surface area contributed by atoms with Crippen molar-refractivity contribution in [3.05, 3.63) is 0 Å². The minimum atomic E-state index is -0.751. The van der Waals surface area contributed by atoms with E-state index in [9.17, 15) is 14.7 Å². The Morgan fingerprint density at radius 2 is 1.95 bits per heavy atom. The first-order valence-electron chi connectivity index (χ1n) is 6.71. The van der Waals surface area contributed by atoms with Crippen LogP contribution in [0.4, 0.5) is 0 Å². The average molecular weight is 272 g/mol. The van der Waals surface area contributed by atoms with Gasteiger partial charge in [0.2, 0.25) is 0 Å². The van der Waals surface area contributed by atoms with Gasteiger partial charge >= 0.3 is 11.9 Å². The van der Waals surface area contributed by atoms with E-state index in [0.29, 0.717) is 19.6 Å². The number of carboxylic acids is 1. The summed E-state index contributed by atoms with van der Waals surface area (Å²) in [7, 11) is 0. The van der Waals surface area contributed by atoms with E-state index in [0.717, 1.165) is 6.42 Å². The Balaban J connectivity index is 2.57. The fraction of sp³-hybridized carbons (Fsp3) is 0.857. The molecule has 0 aromatic carbocycles. The topological polar surface area (TPSA) is 72.8 Å². The van der Waals surface area contributed by atoms with Gasteiger partial charge in [0.1, 0.15) is 6.61 Å². The summed E-state index contributed by atoms with van der Waals surface area (Å²) in [5.41, 5.74) is -0.587. The quantitative estimate of drug-likeness (QED) is 0.749. The van der Waals surface area contributed by atoms with E-state index in [1.165, 1.54) is 0 Å². The van der Waals surface area contributed by atoms with Gasteiger partial charge in [-0.05, 0) is 30.6 Å². The van der Waals surface area contributed by atoms with Gasteiger partial charge in [0, 0.05) is 0 Å². The molecule has 1 N–H and O–H groups in total. The second-order valence-corrected chi connectivity index (χ2v) is 6.01. The molecule has 0 spiro atoms. The third-order valence-electron chi connectivity index (χ3n) is 4.66. The first-order chi connectivity index (χ1) is 8.74. The molecule has 5 heteroatoms. The lowest BCUT2D eigenvalue weighted by molar-refractivity contribution is -0.153. The number of aliphatic carboxylic acids is 1. The van der Waals surface area contributed by atoms with Crippen LogP contribution in [0.2, 0.25) is 0 Å². The fourth-order valence-electron chi connectivity index (χ4n) is 2.82. The zero-order chi connectivity index (χ0) is 14.7. The number of hydrogen-bond donors (Lipinski definition) is 1. The third kappa shape index (κ3) is 3.26. The molecule has 0 bridgehead atoms. The molecule has 0 unspecified atom stereocenters. The van der Waals surface area contributed by atoms with Crippen molar-refractivity contribution in [2.45, 2.75) is 40.5 Å². The molecule has 1 aliphatic carbocycles. The summed E-state index contributed by atoms with van der Waals surface area (Å²) in [6.45, 7) is 8.35. The monoisotopic (exact) mass is 272 g/mol. The molecule has 0 aromatic rings. The molecular formula is C14H24O5. The van der Waals surface area contributed by atoms with E-state index in [1.807, 2.05) is 20.8 Å². The second-order valence-electron chi connectivity index (χ2n) is 6.01. The van der Waals surface area contributed by atoms with Crippen molar-refractivity contribution in [3.63, 3.8) is 0 Å². The molecule has 1 aliphatic rings. The summed E-state index contributed by atoms with van der Waals surface area (Å²) in [6, 6.07) is 0. The van der Waals surface area contributed by atoms with Crippen LogP contribution in [0.15, 0.2) is 0 Å². The molecule has 1 fully saturated rings. The normalized spacial score (nSPS) is 29.2. The minimum Gasteiger partial charge on any atom is -0.481 e. The van der Waals surface area contributed by atoms with Crippen LogP contribution < -0.4 is 0 Å². The van der Waals surface area contributed by atoms with Crippen molar-refractivity contribution in [2.75, 3.05) is 19.8 Å². The van der Waals surface area contributed by atoms with Gasteiger partial charge < -0.3 is 14.6 Å². The van der Waals surface area contributed by atoms with Crippen molar-refractivity contribution < 1.29 is 24.2 Å². The van der Waals surface area contributed by atoms with Gasteiger partial charge in [0.05, 0.1) is 19.1 Å². The number of esters is 1. The highest BCUT2D eigenvalue weighted by atomic mass is 16.6. The SMILES string of the molecule is CCOC(=O)COC[C@]1(C)CC[C@H](C(=O)O)C1(C)C. The van der Waals surface area contributed by atoms with Crippen molar-refractivity contribution in [2.24, 2.45) is 16.7 Å². The predicted octanol–water partition coefficient (Wildman–Crippen LogP) is 2.09. The minimum absolute atomic E-state index is 0.0722. The van der Waals surface area contributed by atoms with Crippen molar-refractivity contribution in [1.29, 1.82) is 0 Å². The molecule has 0 amide bonds. The Kier molecular flexibility index (Phi) is 4.96. The molecule has 0 heterocycles. The molecule has 1 saturated carbocycles. The zero-order valence-electron chi connectivity index (χ0n) is 12.2. The van der Waals surface area contributed by atoms with Crippen molar-refractivity contribution in [3.8, 4) is 0 Å². The van der Waals surface area contributed by atoms with Gasteiger partial charge in [0.15, 0.2) is 0 Å². The number of rotatable bonds is 6. The number of ether oxygens (including phenoxy) is 2. The highest BCUT2D eigenvalue weighted by Gasteiger charge is 2.54. The Morgan fingerprint density at radius 3 is 2.42 bits per heavy atom.